The summed E-state index contributed by atoms with van der Waals surface area (Å²) in [6.45, 7) is 2.08. The molecule has 0 unspecified atom stereocenters. The summed E-state index contributed by atoms with van der Waals surface area (Å²) in [6.07, 6.45) is 1.96. The van der Waals surface area contributed by atoms with Crippen LogP contribution in [0.25, 0.3) is 0 Å². The second-order valence-corrected chi connectivity index (χ2v) is 5.83. The molecule has 8 heteroatoms. The number of carbonyl (C=O) groups is 3. The Morgan fingerprint density at radius 2 is 1.54 bits per heavy atom. The third-order valence-electron chi connectivity index (χ3n) is 3.56. The molecular weight excluding hydrogens is 374 g/mol. The summed E-state index contributed by atoms with van der Waals surface area (Å²) in [5, 5.41) is 2.26. The molecular formula is C18H20ClN3O3S. The Bertz CT molecular complexity index is 779. The van der Waals surface area contributed by atoms with Crippen LogP contribution in [0.2, 0.25) is 0 Å². The van der Waals surface area contributed by atoms with E-state index < -0.39 is 17.8 Å². The van der Waals surface area contributed by atoms with Crippen molar-refractivity contribution in [2.45, 2.75) is 19.8 Å². The number of aryl methyl sites for hydroxylation is 1. The number of anilines is 1. The van der Waals surface area contributed by atoms with Gasteiger partial charge in [0.05, 0.1) is 5.69 Å². The smallest absolute Gasteiger partial charge is 0.338 e. The average Bonchev–Trinajstić information content (AvgIpc) is 2.62. The van der Waals surface area contributed by atoms with Crippen molar-refractivity contribution in [3.05, 3.63) is 65.2 Å². The fourth-order valence-corrected chi connectivity index (χ4v) is 2.40. The lowest BCUT2D eigenvalue weighted by Gasteiger charge is -2.16. The Labute approximate surface area is 163 Å². The average molecular weight is 394 g/mol. The fourth-order valence-electron chi connectivity index (χ4n) is 2.22. The van der Waals surface area contributed by atoms with Crippen molar-refractivity contribution >= 4 is 48.8 Å². The van der Waals surface area contributed by atoms with E-state index in [1.54, 1.807) is 12.1 Å². The van der Waals surface area contributed by atoms with Crippen LogP contribution in [-0.4, -0.2) is 17.8 Å². The number of imide groups is 1. The van der Waals surface area contributed by atoms with Crippen molar-refractivity contribution in [3.63, 3.8) is 0 Å². The quantitative estimate of drug-likeness (QED) is 0.680. The maximum Gasteiger partial charge on any atom is 0.338 e. The molecule has 0 saturated carbocycles. The van der Waals surface area contributed by atoms with Gasteiger partial charge in [-0.15, -0.1) is 12.4 Å². The number of nitrogens with zero attached hydrogens (tertiary/aromatic N) is 1. The summed E-state index contributed by atoms with van der Waals surface area (Å²) in [5.74, 6) is -1.08. The second kappa shape index (κ2) is 9.84. The van der Waals surface area contributed by atoms with Gasteiger partial charge in [-0.3, -0.25) is 14.9 Å². The molecule has 6 nitrogen and oxygen atoms in total. The molecule has 26 heavy (non-hydrogen) atoms. The van der Waals surface area contributed by atoms with Gasteiger partial charge in [0.25, 0.3) is 5.91 Å². The molecule has 0 aliphatic heterocycles. The lowest BCUT2D eigenvalue weighted by Crippen LogP contribution is -2.38. The number of carbonyl (C=O) groups excluding carboxylic acids is 3. The zero-order chi connectivity index (χ0) is 18.4. The molecule has 138 valence electrons. The van der Waals surface area contributed by atoms with Crippen LogP contribution < -0.4 is 15.4 Å². The van der Waals surface area contributed by atoms with Crippen LogP contribution in [0.3, 0.4) is 0 Å². The number of hydrogen-bond acceptors (Lipinski definition) is 4. The number of amides is 4. The van der Waals surface area contributed by atoms with Crippen LogP contribution in [0.1, 0.15) is 39.6 Å². The minimum atomic E-state index is -0.696. The Balaban J connectivity index is 0.00000338. The molecule has 0 aliphatic carbocycles. The molecule has 2 rings (SSSR count). The summed E-state index contributed by atoms with van der Waals surface area (Å²) < 4.78 is 0.980. The number of nitrogens with two attached hydrogens (primary N) is 1. The molecule has 0 radical (unpaired) electrons. The van der Waals surface area contributed by atoms with E-state index in [1.165, 1.54) is 24.3 Å². The first-order valence-electron chi connectivity index (χ1n) is 7.75. The standard InChI is InChI=1S/C18H19N3O3S.ClH/c1-2-3-12-4-6-14(7-5-12)17(23)20-18(24)21(25)15-10-8-13(9-11-15)16(19)22;/h4-11,25H,2-3H2,1H3,(H2,19,22)(H,20,23,24);1H. The van der Waals surface area contributed by atoms with Gasteiger partial charge in [0.15, 0.2) is 0 Å². The first-order valence-corrected chi connectivity index (χ1v) is 8.15. The van der Waals surface area contributed by atoms with E-state index in [-0.39, 0.29) is 12.4 Å². The summed E-state index contributed by atoms with van der Waals surface area (Å²) in [6, 6.07) is 12.4. The molecule has 0 saturated heterocycles. The van der Waals surface area contributed by atoms with Crippen LogP contribution in [0.4, 0.5) is 10.5 Å². The van der Waals surface area contributed by atoms with Crippen molar-refractivity contribution in [2.75, 3.05) is 4.31 Å². The van der Waals surface area contributed by atoms with E-state index in [1.807, 2.05) is 12.1 Å². The first kappa shape index (κ1) is 21.5. The second-order valence-electron chi connectivity index (χ2n) is 5.43. The SMILES string of the molecule is CCCc1ccc(C(=O)NC(=O)N(S)c2ccc(C(N)=O)cc2)cc1.Cl. The third kappa shape index (κ3) is 5.50. The van der Waals surface area contributed by atoms with Crippen LogP contribution >= 0.6 is 25.2 Å². The van der Waals surface area contributed by atoms with Gasteiger partial charge in [0.2, 0.25) is 5.91 Å². The summed E-state index contributed by atoms with van der Waals surface area (Å²) in [5.41, 5.74) is 7.40. The minimum absolute atomic E-state index is 0. The fraction of sp³-hybridized carbons (Fsp3) is 0.167. The molecule has 0 aliphatic rings. The highest BCUT2D eigenvalue weighted by atomic mass is 35.5. The van der Waals surface area contributed by atoms with Crippen molar-refractivity contribution in [1.29, 1.82) is 0 Å². The van der Waals surface area contributed by atoms with Gasteiger partial charge < -0.3 is 5.73 Å². The van der Waals surface area contributed by atoms with E-state index in [2.05, 4.69) is 25.1 Å². The number of benzene rings is 2. The minimum Gasteiger partial charge on any atom is -0.366 e. The van der Waals surface area contributed by atoms with E-state index in [0.29, 0.717) is 16.8 Å². The van der Waals surface area contributed by atoms with Crippen molar-refractivity contribution in [1.82, 2.24) is 5.32 Å². The molecule has 0 fully saturated rings. The summed E-state index contributed by atoms with van der Waals surface area (Å²) in [7, 11) is 0. The molecule has 0 aromatic heterocycles. The Kier molecular flexibility index (Phi) is 8.15. The first-order chi connectivity index (χ1) is 11.9. The highest BCUT2D eigenvalue weighted by molar-refractivity contribution is 7.82. The van der Waals surface area contributed by atoms with E-state index >= 15 is 0 Å². The monoisotopic (exact) mass is 393 g/mol. The van der Waals surface area contributed by atoms with Crippen LogP contribution in [-0.2, 0) is 6.42 Å². The van der Waals surface area contributed by atoms with Crippen LogP contribution in [0, 0.1) is 0 Å². The molecule has 0 atom stereocenters. The number of halogens is 1. The highest BCUT2D eigenvalue weighted by Gasteiger charge is 2.16. The number of thiol groups is 1. The third-order valence-corrected chi connectivity index (χ3v) is 3.98. The van der Waals surface area contributed by atoms with E-state index in [0.717, 1.165) is 22.7 Å². The maximum atomic E-state index is 12.1. The topological polar surface area (TPSA) is 92.5 Å². The number of hydrogen-bond donors (Lipinski definition) is 3. The van der Waals surface area contributed by atoms with Gasteiger partial charge in [-0.2, -0.15) is 0 Å². The number of urea groups is 1. The van der Waals surface area contributed by atoms with E-state index in [4.69, 9.17) is 5.73 Å². The largest absolute Gasteiger partial charge is 0.366 e. The van der Waals surface area contributed by atoms with Crippen molar-refractivity contribution in [2.24, 2.45) is 5.73 Å². The molecule has 0 spiro atoms. The van der Waals surface area contributed by atoms with Gasteiger partial charge in [-0.25, -0.2) is 9.10 Å². The Morgan fingerprint density at radius 1 is 1.00 bits per heavy atom. The number of nitrogens with one attached hydrogen (secondary N) is 1. The number of primary amides is 1. The number of rotatable bonds is 5. The van der Waals surface area contributed by atoms with E-state index in [9.17, 15) is 14.4 Å². The van der Waals surface area contributed by atoms with Crippen LogP contribution in [0.5, 0.6) is 0 Å². The summed E-state index contributed by atoms with van der Waals surface area (Å²) in [4.78, 5) is 35.3. The van der Waals surface area contributed by atoms with Gasteiger partial charge in [0.1, 0.15) is 0 Å². The van der Waals surface area contributed by atoms with Crippen LogP contribution in [0.15, 0.2) is 48.5 Å². The molecule has 0 bridgehead atoms. The molecule has 2 aromatic carbocycles. The predicted molar refractivity (Wildman–Crippen MR) is 107 cm³/mol. The predicted octanol–water partition coefficient (Wildman–Crippen LogP) is 3.36. The lowest BCUT2D eigenvalue weighted by atomic mass is 10.1. The van der Waals surface area contributed by atoms with Crippen molar-refractivity contribution in [3.8, 4) is 0 Å². The van der Waals surface area contributed by atoms with Gasteiger partial charge in [-0.1, -0.05) is 38.3 Å². The molecule has 2 aromatic rings. The Morgan fingerprint density at radius 3 is 2.04 bits per heavy atom. The van der Waals surface area contributed by atoms with Gasteiger partial charge in [0, 0.05) is 11.1 Å². The normalized spacial score (nSPS) is 9.77. The Hall–Kier alpha value is -2.51. The summed E-state index contributed by atoms with van der Waals surface area (Å²) >= 11 is 4.08. The molecule has 0 heterocycles. The molecule has 3 N–H and O–H groups in total. The molecule has 4 amide bonds. The highest BCUT2D eigenvalue weighted by Crippen LogP contribution is 2.17. The zero-order valence-electron chi connectivity index (χ0n) is 14.1. The zero-order valence-corrected chi connectivity index (χ0v) is 15.8. The van der Waals surface area contributed by atoms with Gasteiger partial charge >= 0.3 is 6.03 Å². The van der Waals surface area contributed by atoms with Gasteiger partial charge in [-0.05, 0) is 48.4 Å². The van der Waals surface area contributed by atoms with Crippen molar-refractivity contribution < 1.29 is 14.4 Å². The maximum absolute atomic E-state index is 12.1. The lowest BCUT2D eigenvalue weighted by molar-refractivity contribution is 0.0964.